The summed E-state index contributed by atoms with van der Waals surface area (Å²) in [4.78, 5) is 48.9. The molecule has 3 unspecified atom stereocenters. The summed E-state index contributed by atoms with van der Waals surface area (Å²) in [7, 11) is 0. The van der Waals surface area contributed by atoms with Crippen molar-refractivity contribution in [3.05, 3.63) is 49.6 Å². The van der Waals surface area contributed by atoms with Crippen molar-refractivity contribution in [2.24, 2.45) is 11.8 Å². The summed E-state index contributed by atoms with van der Waals surface area (Å²) in [5.74, 6) is -0.712. The Bertz CT molecular complexity index is 1180. The van der Waals surface area contributed by atoms with E-state index >= 15 is 0 Å². The summed E-state index contributed by atoms with van der Waals surface area (Å²) >= 11 is 5.56. The number of amides is 3. The Labute approximate surface area is 275 Å². The molecule has 3 heterocycles. The number of fused-ring (bicyclic) bond motifs is 1. The highest BCUT2D eigenvalue weighted by Crippen LogP contribution is 2.68. The van der Waals surface area contributed by atoms with E-state index in [1.807, 2.05) is 36.1 Å². The average molecular weight is 691 g/mol. The van der Waals surface area contributed by atoms with Gasteiger partial charge >= 0.3 is 0 Å². The first-order chi connectivity index (χ1) is 21.3. The van der Waals surface area contributed by atoms with Gasteiger partial charge in [-0.15, -0.1) is 24.9 Å². The number of anilines is 1. The summed E-state index contributed by atoms with van der Waals surface area (Å²) in [6.45, 7) is 14.3. The van der Waals surface area contributed by atoms with Crippen molar-refractivity contribution in [1.29, 1.82) is 0 Å². The highest BCUT2D eigenvalue weighted by atomic mass is 79.9. The monoisotopic (exact) mass is 689 g/mol. The minimum atomic E-state index is -0.701. The maximum absolute atomic E-state index is 14.6. The number of hydrogen-bond acceptors (Lipinski definition) is 6. The van der Waals surface area contributed by atoms with Gasteiger partial charge in [-0.1, -0.05) is 47.8 Å². The average Bonchev–Trinajstić information content (AvgIpc) is 3.61. The number of benzene rings is 1. The molecule has 4 rings (SSSR count). The number of hydrogen-bond donors (Lipinski definition) is 1. The molecule has 1 aromatic carbocycles. The number of ether oxygens (including phenoxy) is 1. The van der Waals surface area contributed by atoms with Crippen LogP contribution in [0.5, 0.6) is 5.75 Å². The molecule has 1 N–H and O–H groups in total. The van der Waals surface area contributed by atoms with Gasteiger partial charge in [0.25, 0.3) is 0 Å². The third-order valence-electron chi connectivity index (χ3n) is 9.10. The highest BCUT2D eigenvalue weighted by Gasteiger charge is 2.76. The van der Waals surface area contributed by atoms with Crippen LogP contribution in [0.15, 0.2) is 49.6 Å². The van der Waals surface area contributed by atoms with Gasteiger partial charge in [0, 0.05) is 48.6 Å². The second kappa shape index (κ2) is 15.8. The maximum atomic E-state index is 14.6. The van der Waals surface area contributed by atoms with E-state index in [9.17, 15) is 19.5 Å². The number of thioether (sulfide) groups is 1. The molecule has 6 atom stereocenters. The topological polar surface area (TPSA) is 90.4 Å². The molecular weight excluding hydrogens is 642 g/mol. The molecule has 8 nitrogen and oxygen atoms in total. The number of likely N-dealkylation sites (tertiary alicyclic amines) is 1. The number of carbonyl (C=O) groups is 3. The number of nitrogens with zero attached hydrogens (tertiary/aromatic N) is 3. The lowest BCUT2D eigenvalue weighted by molar-refractivity contribution is -0.142. The quantitative estimate of drug-likeness (QED) is 0.126. The van der Waals surface area contributed by atoms with E-state index in [1.54, 1.807) is 33.7 Å². The van der Waals surface area contributed by atoms with Crippen LogP contribution >= 0.6 is 27.7 Å². The maximum Gasteiger partial charge on any atom is 0.247 e. The smallest absolute Gasteiger partial charge is 0.247 e. The molecule has 3 aliphatic heterocycles. The van der Waals surface area contributed by atoms with E-state index in [0.717, 1.165) is 37.1 Å². The standard InChI is InChI=1S/C34H48BrN3O5S/c1-5-9-11-20-36(18-6-2)33(42)30-34-23-26(35)29(44-34)27(28(34)32(41)38(30)21-12-10-13-22-39)31(40)37(19-7-3)24-14-16-25(17-15-24)43-8-4/h6-7,14-17,26-30,39H,2-3,5,8-13,18-23H2,1,4H3/t26?,27-,28-,29-,30?,34?/m0/s1. The Hall–Kier alpha value is -2.30. The molecule has 0 saturated carbocycles. The van der Waals surface area contributed by atoms with Crippen molar-refractivity contribution in [2.75, 3.05) is 44.3 Å². The third-order valence-corrected chi connectivity index (χ3v) is 12.3. The van der Waals surface area contributed by atoms with Gasteiger partial charge in [-0.25, -0.2) is 0 Å². The van der Waals surface area contributed by atoms with Crippen LogP contribution < -0.4 is 9.64 Å². The van der Waals surface area contributed by atoms with Gasteiger partial charge in [-0.2, -0.15) is 0 Å². The molecule has 1 spiro atoms. The van der Waals surface area contributed by atoms with Crippen molar-refractivity contribution in [3.8, 4) is 5.75 Å². The minimum absolute atomic E-state index is 0.00556. The van der Waals surface area contributed by atoms with E-state index < -0.39 is 22.6 Å². The van der Waals surface area contributed by atoms with Crippen LogP contribution in [0.2, 0.25) is 0 Å². The van der Waals surface area contributed by atoms with Crippen molar-refractivity contribution in [1.82, 2.24) is 9.80 Å². The van der Waals surface area contributed by atoms with Crippen LogP contribution in [0.1, 0.15) is 58.8 Å². The van der Waals surface area contributed by atoms with Gasteiger partial charge in [0.05, 0.1) is 23.2 Å². The van der Waals surface area contributed by atoms with Gasteiger partial charge in [-0.05, 0) is 63.3 Å². The van der Waals surface area contributed by atoms with Gasteiger partial charge in [-0.3, -0.25) is 14.4 Å². The molecule has 0 aliphatic carbocycles. The molecule has 2 bridgehead atoms. The van der Waals surface area contributed by atoms with Crippen LogP contribution in [0.3, 0.4) is 0 Å². The van der Waals surface area contributed by atoms with Crippen LogP contribution in [-0.2, 0) is 14.4 Å². The fraction of sp³-hybridized carbons (Fsp3) is 0.618. The summed E-state index contributed by atoms with van der Waals surface area (Å²) < 4.78 is 4.91. The molecule has 3 fully saturated rings. The Morgan fingerprint density at radius 2 is 1.82 bits per heavy atom. The molecular formula is C34H48BrN3O5S. The Kier molecular flexibility index (Phi) is 12.4. The summed E-state index contributed by atoms with van der Waals surface area (Å²) in [6, 6.07) is 6.79. The Balaban J connectivity index is 1.71. The Morgan fingerprint density at radius 3 is 2.45 bits per heavy atom. The number of carbonyl (C=O) groups excluding carboxylic acids is 3. The number of aliphatic hydroxyl groups is 1. The molecule has 3 aliphatic rings. The number of alkyl halides is 1. The van der Waals surface area contributed by atoms with Gasteiger partial charge in [0.1, 0.15) is 11.8 Å². The van der Waals surface area contributed by atoms with Crippen LogP contribution in [-0.4, -0.2) is 92.9 Å². The molecule has 242 valence electrons. The molecule has 10 heteroatoms. The lowest BCUT2D eigenvalue weighted by atomic mass is 9.70. The van der Waals surface area contributed by atoms with E-state index in [1.165, 1.54) is 0 Å². The summed E-state index contributed by atoms with van der Waals surface area (Å²) in [6.07, 6.45) is 9.15. The number of unbranched alkanes of at least 4 members (excludes halogenated alkanes) is 4. The minimum Gasteiger partial charge on any atom is -0.494 e. The molecule has 44 heavy (non-hydrogen) atoms. The van der Waals surface area contributed by atoms with Crippen molar-refractivity contribution in [3.63, 3.8) is 0 Å². The zero-order chi connectivity index (χ0) is 31.9. The fourth-order valence-electron chi connectivity index (χ4n) is 7.20. The molecule has 3 saturated heterocycles. The first-order valence-electron chi connectivity index (χ1n) is 16.1. The largest absolute Gasteiger partial charge is 0.494 e. The van der Waals surface area contributed by atoms with Gasteiger partial charge < -0.3 is 24.5 Å². The first-order valence-corrected chi connectivity index (χ1v) is 17.9. The van der Waals surface area contributed by atoms with Crippen LogP contribution in [0, 0.1) is 11.8 Å². The van der Waals surface area contributed by atoms with E-state index in [0.29, 0.717) is 52.0 Å². The number of rotatable bonds is 18. The first kappa shape index (κ1) is 34.6. The van der Waals surface area contributed by atoms with Gasteiger partial charge in [0.15, 0.2) is 0 Å². The molecule has 0 aromatic heterocycles. The van der Waals surface area contributed by atoms with Crippen molar-refractivity contribution in [2.45, 2.75) is 79.7 Å². The second-order valence-corrected chi connectivity index (χ2v) is 14.6. The third kappa shape index (κ3) is 6.77. The fourth-order valence-corrected chi connectivity index (χ4v) is 10.8. The number of aliphatic hydroxyl groups excluding tert-OH is 1. The number of halogens is 1. The predicted octanol–water partition coefficient (Wildman–Crippen LogP) is 5.44. The predicted molar refractivity (Wildman–Crippen MR) is 181 cm³/mol. The molecule has 0 radical (unpaired) electrons. The van der Waals surface area contributed by atoms with Crippen LogP contribution in [0.4, 0.5) is 5.69 Å². The molecule has 1 aromatic rings. The van der Waals surface area contributed by atoms with E-state index in [2.05, 4.69) is 36.0 Å². The molecule has 3 amide bonds. The van der Waals surface area contributed by atoms with Crippen LogP contribution in [0.25, 0.3) is 0 Å². The van der Waals surface area contributed by atoms with Gasteiger partial charge in [0.2, 0.25) is 17.7 Å². The summed E-state index contributed by atoms with van der Waals surface area (Å²) in [5.41, 5.74) is 0.721. The van der Waals surface area contributed by atoms with E-state index in [-0.39, 0.29) is 34.4 Å². The highest BCUT2D eigenvalue weighted by molar-refractivity contribution is 9.09. The Morgan fingerprint density at radius 1 is 1.09 bits per heavy atom. The zero-order valence-electron chi connectivity index (χ0n) is 26.2. The van der Waals surface area contributed by atoms with E-state index in [4.69, 9.17) is 4.74 Å². The second-order valence-electron chi connectivity index (χ2n) is 11.9. The normalized spacial score (nSPS) is 26.9. The summed E-state index contributed by atoms with van der Waals surface area (Å²) in [5, 5.41) is 9.21. The lowest BCUT2D eigenvalue weighted by Gasteiger charge is -2.38. The SMILES string of the molecule is C=CCN(CCCCC)C(=O)C1N(CCCCCO)C(=O)[C@@H]2[C@H](C(=O)N(CC=C)c3ccc(OCC)cc3)[C@H]3SC12CC3Br. The lowest BCUT2D eigenvalue weighted by Crippen LogP contribution is -2.56. The van der Waals surface area contributed by atoms with Crippen molar-refractivity contribution < 1.29 is 24.2 Å². The zero-order valence-corrected chi connectivity index (χ0v) is 28.6. The van der Waals surface area contributed by atoms with Crippen molar-refractivity contribution >= 4 is 51.1 Å².